The fourth-order valence-corrected chi connectivity index (χ4v) is 5.12. The summed E-state index contributed by atoms with van der Waals surface area (Å²) in [5.41, 5.74) is 2.32. The van der Waals surface area contributed by atoms with Gasteiger partial charge in [0.15, 0.2) is 11.5 Å². The molecule has 1 fully saturated rings. The summed E-state index contributed by atoms with van der Waals surface area (Å²) in [4.78, 5) is 30.7. The largest absolute Gasteiger partial charge is 0.507 e. The Labute approximate surface area is 234 Å². The molecule has 3 aromatic rings. The molecule has 2 aromatic carbocycles. The molecule has 10 nitrogen and oxygen atoms in total. The minimum atomic E-state index is -0.885. The van der Waals surface area contributed by atoms with Crippen molar-refractivity contribution < 1.29 is 28.9 Å². The second-order valence-electron chi connectivity index (χ2n) is 9.37. The summed E-state index contributed by atoms with van der Waals surface area (Å²) >= 11 is 0. The summed E-state index contributed by atoms with van der Waals surface area (Å²) in [6.45, 7) is 8.34. The molecule has 1 saturated heterocycles. The van der Waals surface area contributed by atoms with Gasteiger partial charge in [0.1, 0.15) is 5.76 Å². The van der Waals surface area contributed by atoms with Crippen molar-refractivity contribution in [2.75, 3.05) is 47.5 Å². The molecule has 1 N–H and O–H groups in total. The van der Waals surface area contributed by atoms with Crippen molar-refractivity contribution in [3.8, 4) is 22.9 Å². The van der Waals surface area contributed by atoms with Crippen molar-refractivity contribution in [1.82, 2.24) is 19.6 Å². The van der Waals surface area contributed by atoms with E-state index in [9.17, 15) is 14.7 Å². The zero-order chi connectivity index (χ0) is 29.0. The summed E-state index contributed by atoms with van der Waals surface area (Å²) in [6, 6.07) is 12.0. The highest BCUT2D eigenvalue weighted by Gasteiger charge is 2.47. The number of nitrogens with zero attached hydrogens (tertiary/aromatic N) is 4. The Kier molecular flexibility index (Phi) is 8.79. The predicted octanol–water partition coefficient (Wildman–Crippen LogP) is 3.97. The highest BCUT2D eigenvalue weighted by molar-refractivity contribution is 6.46. The van der Waals surface area contributed by atoms with Crippen LogP contribution in [0.15, 0.2) is 54.2 Å². The lowest BCUT2D eigenvalue weighted by atomic mass is 9.94. The average Bonchev–Trinajstić information content (AvgIpc) is 3.49. The maximum absolute atomic E-state index is 13.6. The Morgan fingerprint density at radius 1 is 1.00 bits per heavy atom. The van der Waals surface area contributed by atoms with E-state index >= 15 is 0 Å². The molecule has 0 bridgehead atoms. The van der Waals surface area contributed by atoms with Crippen LogP contribution in [0.3, 0.4) is 0 Å². The molecule has 1 atom stereocenters. The number of ether oxygens (including phenoxy) is 3. The number of hydrogen-bond donors (Lipinski definition) is 1. The van der Waals surface area contributed by atoms with Gasteiger partial charge in [0, 0.05) is 13.1 Å². The maximum Gasteiger partial charge on any atom is 0.295 e. The van der Waals surface area contributed by atoms with Gasteiger partial charge in [-0.1, -0.05) is 32.0 Å². The predicted molar refractivity (Wildman–Crippen MR) is 151 cm³/mol. The molecule has 1 unspecified atom stereocenters. The van der Waals surface area contributed by atoms with Crippen LogP contribution in [0.25, 0.3) is 11.4 Å². The smallest absolute Gasteiger partial charge is 0.295 e. The highest BCUT2D eigenvalue weighted by Crippen LogP contribution is 2.45. The molecule has 212 valence electrons. The van der Waals surface area contributed by atoms with Gasteiger partial charge in [-0.05, 0) is 49.8 Å². The summed E-state index contributed by atoms with van der Waals surface area (Å²) in [5.74, 6) is -0.599. The molecule has 0 radical (unpaired) electrons. The molecule has 0 saturated carbocycles. The fraction of sp³-hybridized carbons (Fsp3) is 0.367. The van der Waals surface area contributed by atoms with Crippen LogP contribution in [0.2, 0.25) is 0 Å². The monoisotopic (exact) mass is 548 g/mol. The average molecular weight is 549 g/mol. The zero-order valence-electron chi connectivity index (χ0n) is 23.8. The molecular formula is C30H36N4O6. The Balaban J connectivity index is 1.90. The summed E-state index contributed by atoms with van der Waals surface area (Å²) in [5, 5.41) is 16.1. The number of Topliss-reactive ketones (excluding diaryl/α,β-unsaturated/α-hetero) is 1. The Morgan fingerprint density at radius 3 is 2.17 bits per heavy atom. The number of rotatable bonds is 11. The first kappa shape index (κ1) is 28.7. The second-order valence-corrected chi connectivity index (χ2v) is 9.37. The lowest BCUT2D eigenvalue weighted by Gasteiger charge is -2.28. The number of likely N-dealkylation sites (N-methyl/N-ethyl adjacent to an activating group) is 1. The number of likely N-dealkylation sites (tertiary alicyclic amines) is 1. The van der Waals surface area contributed by atoms with Crippen LogP contribution in [0.4, 0.5) is 0 Å². The number of carbonyl (C=O) groups excluding carboxylic acids is 2. The lowest BCUT2D eigenvalue weighted by molar-refractivity contribution is -0.140. The Bertz CT molecular complexity index is 1390. The molecule has 1 aliphatic heterocycles. The number of amides is 1. The van der Waals surface area contributed by atoms with Gasteiger partial charge >= 0.3 is 0 Å². The van der Waals surface area contributed by atoms with Crippen LogP contribution < -0.4 is 14.2 Å². The number of ketones is 1. The van der Waals surface area contributed by atoms with Gasteiger partial charge in [0.2, 0.25) is 5.75 Å². The maximum atomic E-state index is 13.6. The third kappa shape index (κ3) is 5.14. The van der Waals surface area contributed by atoms with Gasteiger partial charge in [-0.3, -0.25) is 9.59 Å². The van der Waals surface area contributed by atoms with E-state index < -0.39 is 17.7 Å². The molecule has 4 rings (SSSR count). The first-order valence-corrected chi connectivity index (χ1v) is 13.2. The molecule has 0 aliphatic carbocycles. The van der Waals surface area contributed by atoms with Crippen molar-refractivity contribution in [3.63, 3.8) is 0 Å². The van der Waals surface area contributed by atoms with Crippen LogP contribution in [0, 0.1) is 6.92 Å². The van der Waals surface area contributed by atoms with E-state index in [1.807, 2.05) is 44.2 Å². The van der Waals surface area contributed by atoms with Crippen LogP contribution in [0.5, 0.6) is 17.2 Å². The molecule has 40 heavy (non-hydrogen) atoms. The molecule has 0 spiro atoms. The van der Waals surface area contributed by atoms with Gasteiger partial charge in [0.05, 0.1) is 56.1 Å². The van der Waals surface area contributed by atoms with Gasteiger partial charge in [-0.2, -0.15) is 5.10 Å². The van der Waals surface area contributed by atoms with E-state index in [1.54, 1.807) is 23.7 Å². The van der Waals surface area contributed by atoms with Crippen LogP contribution >= 0.6 is 0 Å². The van der Waals surface area contributed by atoms with Crippen molar-refractivity contribution >= 4 is 17.4 Å². The van der Waals surface area contributed by atoms with E-state index in [0.29, 0.717) is 40.6 Å². The van der Waals surface area contributed by atoms with Gasteiger partial charge in [-0.15, -0.1) is 0 Å². The van der Waals surface area contributed by atoms with Gasteiger partial charge < -0.3 is 29.1 Å². The molecular weight excluding hydrogens is 512 g/mol. The number of hydrogen-bond acceptors (Lipinski definition) is 8. The quantitative estimate of drug-likeness (QED) is 0.218. The number of para-hydroxylation sites is 1. The fourth-order valence-electron chi connectivity index (χ4n) is 5.12. The van der Waals surface area contributed by atoms with E-state index in [1.165, 1.54) is 32.4 Å². The standard InChI is InChI=1S/C30H36N4O6/c1-7-32(8-2)14-15-33-26(20-16-23(38-4)29(40-6)24(17-20)39-5)25(28(36)30(33)37)27(35)22-18-31-34(19(22)3)21-12-10-9-11-13-21/h9-13,16-18,26,35H,7-8,14-15H2,1-6H3. The number of benzene rings is 2. The van der Waals surface area contributed by atoms with E-state index in [0.717, 1.165) is 18.8 Å². The first-order valence-electron chi connectivity index (χ1n) is 13.2. The third-order valence-corrected chi connectivity index (χ3v) is 7.36. The topological polar surface area (TPSA) is 106 Å². The Hall–Kier alpha value is -4.31. The summed E-state index contributed by atoms with van der Waals surface area (Å²) < 4.78 is 18.3. The number of aromatic nitrogens is 2. The molecule has 2 heterocycles. The number of methoxy groups -OCH3 is 3. The number of aliphatic hydroxyl groups is 1. The molecule has 10 heteroatoms. The van der Waals surface area contributed by atoms with Crippen LogP contribution in [-0.2, 0) is 9.59 Å². The lowest BCUT2D eigenvalue weighted by Crippen LogP contribution is -2.38. The first-order chi connectivity index (χ1) is 19.3. The summed E-state index contributed by atoms with van der Waals surface area (Å²) in [7, 11) is 4.50. The van der Waals surface area contributed by atoms with Crippen LogP contribution in [-0.4, -0.2) is 83.9 Å². The van der Waals surface area contributed by atoms with E-state index in [2.05, 4.69) is 10.00 Å². The molecule has 1 aliphatic rings. The molecule has 1 amide bonds. The van der Waals surface area contributed by atoms with Gasteiger partial charge in [-0.25, -0.2) is 4.68 Å². The van der Waals surface area contributed by atoms with Crippen molar-refractivity contribution in [1.29, 1.82) is 0 Å². The SMILES string of the molecule is CCN(CC)CCN1C(=O)C(=O)C(=C(O)c2cnn(-c3ccccc3)c2C)C1c1cc(OC)c(OC)c(OC)c1. The van der Waals surface area contributed by atoms with Crippen molar-refractivity contribution in [3.05, 3.63) is 71.1 Å². The van der Waals surface area contributed by atoms with Crippen LogP contribution in [0.1, 0.15) is 36.7 Å². The number of aliphatic hydroxyl groups excluding tert-OH is 1. The normalized spacial score (nSPS) is 16.6. The Morgan fingerprint density at radius 2 is 1.62 bits per heavy atom. The van der Waals surface area contributed by atoms with Gasteiger partial charge in [0.25, 0.3) is 11.7 Å². The third-order valence-electron chi connectivity index (χ3n) is 7.36. The molecule has 1 aromatic heterocycles. The minimum Gasteiger partial charge on any atom is -0.507 e. The zero-order valence-corrected chi connectivity index (χ0v) is 23.8. The highest BCUT2D eigenvalue weighted by atomic mass is 16.5. The minimum absolute atomic E-state index is 0.0190. The van der Waals surface area contributed by atoms with E-state index in [-0.39, 0.29) is 17.9 Å². The number of carbonyl (C=O) groups is 2. The van der Waals surface area contributed by atoms with E-state index in [4.69, 9.17) is 14.2 Å². The van der Waals surface area contributed by atoms with Crippen molar-refractivity contribution in [2.45, 2.75) is 26.8 Å². The second kappa shape index (κ2) is 12.3. The summed E-state index contributed by atoms with van der Waals surface area (Å²) in [6.07, 6.45) is 1.51. The van der Waals surface area contributed by atoms with Crippen molar-refractivity contribution in [2.24, 2.45) is 0 Å².